The maximum absolute atomic E-state index is 12.1. The first kappa shape index (κ1) is 14.9. The van der Waals surface area contributed by atoms with E-state index >= 15 is 0 Å². The van der Waals surface area contributed by atoms with Gasteiger partial charge in [-0.1, -0.05) is 36.0 Å². The Balaban J connectivity index is 2.03. The van der Waals surface area contributed by atoms with Crippen molar-refractivity contribution in [2.75, 3.05) is 12.8 Å². The molecule has 1 aromatic rings. The number of carbonyl (C=O) groups is 1. The Kier molecular flexibility index (Phi) is 4.98. The van der Waals surface area contributed by atoms with Crippen LogP contribution in [0.25, 0.3) is 0 Å². The van der Waals surface area contributed by atoms with Crippen molar-refractivity contribution in [2.24, 2.45) is 0 Å². The molecule has 19 heavy (non-hydrogen) atoms. The van der Waals surface area contributed by atoms with Crippen LogP contribution in [0.3, 0.4) is 0 Å². The molecule has 0 atom stereocenters. The SMILES string of the molecule is CSC1(CNC(=O)c2nc(Cl)ccc2Cl)CCCC1. The number of rotatable bonds is 4. The minimum Gasteiger partial charge on any atom is -0.349 e. The van der Waals surface area contributed by atoms with Crippen molar-refractivity contribution >= 4 is 40.9 Å². The standard InChI is InChI=1S/C13H16Cl2N2OS/c1-19-13(6-2-3-7-13)8-16-12(18)11-9(14)4-5-10(15)17-11/h4-5H,2-3,6-8H2,1H3,(H,16,18). The zero-order valence-electron chi connectivity index (χ0n) is 10.7. The van der Waals surface area contributed by atoms with Gasteiger partial charge >= 0.3 is 0 Å². The number of nitrogens with one attached hydrogen (secondary N) is 1. The molecular formula is C13H16Cl2N2OS. The van der Waals surface area contributed by atoms with Crippen LogP contribution < -0.4 is 5.32 Å². The maximum atomic E-state index is 12.1. The predicted octanol–water partition coefficient (Wildman–Crippen LogP) is 3.79. The lowest BCUT2D eigenvalue weighted by Crippen LogP contribution is -2.38. The molecule has 0 spiro atoms. The summed E-state index contributed by atoms with van der Waals surface area (Å²) in [5, 5.41) is 3.53. The van der Waals surface area contributed by atoms with Gasteiger partial charge in [-0.25, -0.2) is 4.98 Å². The second-order valence-corrected chi connectivity index (χ2v) is 6.81. The fourth-order valence-electron chi connectivity index (χ4n) is 2.38. The fourth-order valence-corrected chi connectivity index (χ4v) is 3.63. The lowest BCUT2D eigenvalue weighted by molar-refractivity contribution is 0.0945. The first-order valence-electron chi connectivity index (χ1n) is 6.22. The number of nitrogens with zero attached hydrogens (tertiary/aromatic N) is 1. The van der Waals surface area contributed by atoms with Crippen LogP contribution in [-0.2, 0) is 0 Å². The summed E-state index contributed by atoms with van der Waals surface area (Å²) in [6.07, 6.45) is 6.85. The van der Waals surface area contributed by atoms with Crippen LogP contribution in [0.1, 0.15) is 36.2 Å². The van der Waals surface area contributed by atoms with Crippen LogP contribution in [-0.4, -0.2) is 28.4 Å². The molecule has 2 rings (SSSR count). The molecule has 0 unspecified atom stereocenters. The maximum Gasteiger partial charge on any atom is 0.271 e. The number of carbonyl (C=O) groups excluding carboxylic acids is 1. The number of hydrogen-bond donors (Lipinski definition) is 1. The number of thioether (sulfide) groups is 1. The summed E-state index contributed by atoms with van der Waals surface area (Å²) in [4.78, 5) is 16.1. The Hall–Kier alpha value is -0.450. The third kappa shape index (κ3) is 3.56. The van der Waals surface area contributed by atoms with E-state index in [1.54, 1.807) is 12.1 Å². The zero-order chi connectivity index (χ0) is 13.9. The summed E-state index contributed by atoms with van der Waals surface area (Å²) < 4.78 is 0.167. The molecule has 1 heterocycles. The van der Waals surface area contributed by atoms with Crippen LogP contribution in [0.4, 0.5) is 0 Å². The molecule has 1 amide bonds. The Morgan fingerprint density at radius 3 is 2.74 bits per heavy atom. The minimum absolute atomic E-state index is 0.167. The molecule has 1 fully saturated rings. The van der Waals surface area contributed by atoms with Gasteiger partial charge in [0.05, 0.1) is 5.02 Å². The minimum atomic E-state index is -0.257. The van der Waals surface area contributed by atoms with Gasteiger partial charge in [0.1, 0.15) is 10.8 Å². The van der Waals surface area contributed by atoms with Gasteiger partial charge in [-0.2, -0.15) is 11.8 Å². The lowest BCUT2D eigenvalue weighted by Gasteiger charge is -2.26. The monoisotopic (exact) mass is 318 g/mol. The van der Waals surface area contributed by atoms with Gasteiger partial charge in [0.25, 0.3) is 5.91 Å². The Labute approximate surface area is 127 Å². The molecule has 0 aliphatic heterocycles. The molecule has 6 heteroatoms. The average molecular weight is 319 g/mol. The topological polar surface area (TPSA) is 42.0 Å². The second kappa shape index (κ2) is 6.33. The fraction of sp³-hybridized carbons (Fsp3) is 0.538. The van der Waals surface area contributed by atoms with E-state index in [2.05, 4.69) is 16.6 Å². The van der Waals surface area contributed by atoms with Gasteiger partial charge in [-0.05, 0) is 31.2 Å². The zero-order valence-corrected chi connectivity index (χ0v) is 13.0. The molecule has 1 saturated carbocycles. The molecule has 1 aliphatic carbocycles. The van der Waals surface area contributed by atoms with Crippen molar-refractivity contribution in [1.29, 1.82) is 0 Å². The highest BCUT2D eigenvalue weighted by atomic mass is 35.5. The number of hydrogen-bond acceptors (Lipinski definition) is 3. The van der Waals surface area contributed by atoms with E-state index in [4.69, 9.17) is 23.2 Å². The quantitative estimate of drug-likeness (QED) is 0.859. The summed E-state index contributed by atoms with van der Waals surface area (Å²) in [5.41, 5.74) is 0.198. The molecule has 0 radical (unpaired) electrons. The second-order valence-electron chi connectivity index (χ2n) is 4.74. The van der Waals surface area contributed by atoms with E-state index in [0.717, 1.165) is 12.8 Å². The number of amides is 1. The number of halogens is 2. The van der Waals surface area contributed by atoms with Crippen LogP contribution in [0.15, 0.2) is 12.1 Å². The van der Waals surface area contributed by atoms with E-state index in [1.807, 2.05) is 11.8 Å². The van der Waals surface area contributed by atoms with Crippen LogP contribution in [0.2, 0.25) is 10.2 Å². The molecule has 1 N–H and O–H groups in total. The van der Waals surface area contributed by atoms with Crippen LogP contribution >= 0.6 is 35.0 Å². The summed E-state index contributed by atoms with van der Waals surface area (Å²) in [5.74, 6) is -0.257. The summed E-state index contributed by atoms with van der Waals surface area (Å²) >= 11 is 13.6. The lowest BCUT2D eigenvalue weighted by atomic mass is 10.1. The first-order chi connectivity index (χ1) is 9.06. The molecule has 0 saturated heterocycles. The average Bonchev–Trinajstić information content (AvgIpc) is 2.88. The number of pyridine rings is 1. The van der Waals surface area contributed by atoms with E-state index in [9.17, 15) is 4.79 Å². The highest BCUT2D eigenvalue weighted by molar-refractivity contribution is 8.00. The van der Waals surface area contributed by atoms with Crippen molar-refractivity contribution in [3.63, 3.8) is 0 Å². The number of aromatic nitrogens is 1. The van der Waals surface area contributed by atoms with Crippen molar-refractivity contribution in [1.82, 2.24) is 10.3 Å². The third-order valence-electron chi connectivity index (χ3n) is 3.55. The Morgan fingerprint density at radius 1 is 1.42 bits per heavy atom. The van der Waals surface area contributed by atoms with Crippen molar-refractivity contribution < 1.29 is 4.79 Å². The molecule has 0 bridgehead atoms. The molecule has 104 valence electrons. The highest BCUT2D eigenvalue weighted by Gasteiger charge is 2.33. The first-order valence-corrected chi connectivity index (χ1v) is 8.20. The van der Waals surface area contributed by atoms with Crippen molar-refractivity contribution in [2.45, 2.75) is 30.4 Å². The Bertz CT molecular complexity index is 476. The van der Waals surface area contributed by atoms with Crippen LogP contribution in [0.5, 0.6) is 0 Å². The highest BCUT2D eigenvalue weighted by Crippen LogP contribution is 2.39. The molecular weight excluding hydrogens is 303 g/mol. The van der Waals surface area contributed by atoms with Gasteiger partial charge in [-0.15, -0.1) is 0 Å². The van der Waals surface area contributed by atoms with Gasteiger partial charge in [0.15, 0.2) is 0 Å². The van der Waals surface area contributed by atoms with Gasteiger partial charge in [0, 0.05) is 11.3 Å². The van der Waals surface area contributed by atoms with Crippen molar-refractivity contribution in [3.05, 3.63) is 28.0 Å². The van der Waals surface area contributed by atoms with E-state index in [1.165, 1.54) is 12.8 Å². The molecule has 1 aromatic heterocycles. The van der Waals surface area contributed by atoms with Crippen molar-refractivity contribution in [3.8, 4) is 0 Å². The summed E-state index contributed by atoms with van der Waals surface area (Å²) in [7, 11) is 0. The summed E-state index contributed by atoms with van der Waals surface area (Å²) in [6, 6.07) is 3.16. The predicted molar refractivity (Wildman–Crippen MR) is 81.3 cm³/mol. The largest absolute Gasteiger partial charge is 0.349 e. The Morgan fingerprint density at radius 2 is 2.11 bits per heavy atom. The van der Waals surface area contributed by atoms with Gasteiger partial charge in [-0.3, -0.25) is 4.79 Å². The smallest absolute Gasteiger partial charge is 0.271 e. The van der Waals surface area contributed by atoms with Gasteiger partial charge < -0.3 is 5.32 Å². The van der Waals surface area contributed by atoms with Gasteiger partial charge in [0.2, 0.25) is 0 Å². The summed E-state index contributed by atoms with van der Waals surface area (Å²) in [6.45, 7) is 0.650. The molecule has 0 aromatic carbocycles. The molecule has 1 aliphatic rings. The normalized spacial score (nSPS) is 17.4. The van der Waals surface area contributed by atoms with Crippen LogP contribution in [0, 0.1) is 0 Å². The third-order valence-corrected chi connectivity index (χ3v) is 5.48. The van der Waals surface area contributed by atoms with E-state index in [0.29, 0.717) is 11.6 Å². The molecule has 3 nitrogen and oxygen atoms in total. The van der Waals surface area contributed by atoms with E-state index in [-0.39, 0.29) is 21.5 Å². The van der Waals surface area contributed by atoms with E-state index < -0.39 is 0 Å².